The van der Waals surface area contributed by atoms with Crippen LogP contribution in [0.3, 0.4) is 0 Å². The van der Waals surface area contributed by atoms with Crippen molar-refractivity contribution >= 4 is 5.97 Å². The van der Waals surface area contributed by atoms with E-state index in [0.717, 1.165) is 31.8 Å². The number of hydrogen-bond acceptors (Lipinski definition) is 4. The third-order valence-electron chi connectivity index (χ3n) is 4.23. The second kappa shape index (κ2) is 10.2. The van der Waals surface area contributed by atoms with Gasteiger partial charge in [-0.25, -0.2) is 0 Å². The molecule has 1 atom stereocenters. The van der Waals surface area contributed by atoms with Gasteiger partial charge in [-0.1, -0.05) is 20.3 Å². The first kappa shape index (κ1) is 17.4. The molecule has 0 amide bonds. The molecule has 0 bridgehead atoms. The Morgan fingerprint density at radius 1 is 1.30 bits per heavy atom. The van der Waals surface area contributed by atoms with E-state index < -0.39 is 0 Å². The number of ether oxygens (including phenoxy) is 1. The van der Waals surface area contributed by atoms with Crippen molar-refractivity contribution in [1.29, 1.82) is 0 Å². The van der Waals surface area contributed by atoms with E-state index in [-0.39, 0.29) is 12.0 Å². The van der Waals surface area contributed by atoms with Crippen molar-refractivity contribution in [2.75, 3.05) is 32.8 Å². The number of rotatable bonds is 9. The Balaban J connectivity index is 2.32. The molecular formula is C16H32N2O2. The zero-order valence-corrected chi connectivity index (χ0v) is 13.5. The van der Waals surface area contributed by atoms with Crippen LogP contribution in [-0.2, 0) is 9.53 Å². The minimum Gasteiger partial charge on any atom is -0.465 e. The number of carbonyl (C=O) groups excluding carboxylic acids is 1. The van der Waals surface area contributed by atoms with Crippen molar-refractivity contribution in [2.45, 2.75) is 58.9 Å². The van der Waals surface area contributed by atoms with E-state index in [1.165, 1.54) is 32.4 Å². The van der Waals surface area contributed by atoms with Gasteiger partial charge in [-0.15, -0.1) is 0 Å². The van der Waals surface area contributed by atoms with Crippen LogP contribution in [0, 0.1) is 5.92 Å². The van der Waals surface area contributed by atoms with Gasteiger partial charge in [0.25, 0.3) is 0 Å². The standard InChI is InChI=1S/C16H32N2O2/c1-4-10-17-15(16(19)20-6-3)9-13-18-11-7-14(5-2)8-12-18/h14-15,17H,4-13H2,1-3H3. The molecule has 1 rings (SSSR count). The van der Waals surface area contributed by atoms with Crippen molar-refractivity contribution in [2.24, 2.45) is 5.92 Å². The third-order valence-corrected chi connectivity index (χ3v) is 4.23. The average molecular weight is 284 g/mol. The maximum absolute atomic E-state index is 11.9. The summed E-state index contributed by atoms with van der Waals surface area (Å²) < 4.78 is 5.16. The molecule has 1 unspecified atom stereocenters. The largest absolute Gasteiger partial charge is 0.465 e. The fraction of sp³-hybridized carbons (Fsp3) is 0.938. The van der Waals surface area contributed by atoms with Crippen molar-refractivity contribution in [3.8, 4) is 0 Å². The van der Waals surface area contributed by atoms with Gasteiger partial charge in [-0.3, -0.25) is 4.79 Å². The van der Waals surface area contributed by atoms with Crippen LogP contribution in [0.2, 0.25) is 0 Å². The molecule has 1 heterocycles. The summed E-state index contributed by atoms with van der Waals surface area (Å²) in [5.41, 5.74) is 0. The second-order valence-corrected chi connectivity index (χ2v) is 5.74. The first-order valence-corrected chi connectivity index (χ1v) is 8.33. The van der Waals surface area contributed by atoms with Gasteiger partial charge < -0.3 is 15.0 Å². The fourth-order valence-corrected chi connectivity index (χ4v) is 2.79. The predicted molar refractivity (Wildman–Crippen MR) is 82.8 cm³/mol. The van der Waals surface area contributed by atoms with Crippen LogP contribution in [-0.4, -0.2) is 49.7 Å². The molecular weight excluding hydrogens is 252 g/mol. The number of hydrogen-bond donors (Lipinski definition) is 1. The Morgan fingerprint density at radius 2 is 2.00 bits per heavy atom. The summed E-state index contributed by atoms with van der Waals surface area (Å²) in [6, 6.07) is -0.140. The molecule has 0 aromatic rings. The molecule has 0 saturated carbocycles. The molecule has 4 heteroatoms. The Labute approximate surface area is 124 Å². The predicted octanol–water partition coefficient (Wildman–Crippen LogP) is 2.43. The van der Waals surface area contributed by atoms with Gasteiger partial charge in [0.15, 0.2) is 0 Å². The summed E-state index contributed by atoms with van der Waals surface area (Å²) >= 11 is 0. The first-order valence-electron chi connectivity index (χ1n) is 8.33. The minimum atomic E-state index is -0.140. The lowest BCUT2D eigenvalue weighted by atomic mass is 9.94. The summed E-state index contributed by atoms with van der Waals surface area (Å²) in [4.78, 5) is 14.4. The Hall–Kier alpha value is -0.610. The van der Waals surface area contributed by atoms with Crippen LogP contribution >= 0.6 is 0 Å². The van der Waals surface area contributed by atoms with Gasteiger partial charge in [0.2, 0.25) is 0 Å². The smallest absolute Gasteiger partial charge is 0.323 e. The second-order valence-electron chi connectivity index (χ2n) is 5.74. The minimum absolute atomic E-state index is 0.0932. The van der Waals surface area contributed by atoms with E-state index >= 15 is 0 Å². The molecule has 0 aromatic heterocycles. The van der Waals surface area contributed by atoms with Crippen LogP contribution in [0.5, 0.6) is 0 Å². The molecule has 0 radical (unpaired) electrons. The highest BCUT2D eigenvalue weighted by Crippen LogP contribution is 2.20. The lowest BCUT2D eigenvalue weighted by molar-refractivity contribution is -0.146. The molecule has 0 aliphatic carbocycles. The van der Waals surface area contributed by atoms with Gasteiger partial charge in [0.05, 0.1) is 6.61 Å². The van der Waals surface area contributed by atoms with E-state index in [9.17, 15) is 4.79 Å². The molecule has 1 fully saturated rings. The molecule has 1 saturated heterocycles. The van der Waals surface area contributed by atoms with Crippen LogP contribution in [0.25, 0.3) is 0 Å². The number of piperidine rings is 1. The van der Waals surface area contributed by atoms with E-state index in [0.29, 0.717) is 6.61 Å². The zero-order valence-electron chi connectivity index (χ0n) is 13.5. The van der Waals surface area contributed by atoms with Gasteiger partial charge in [-0.05, 0) is 58.2 Å². The van der Waals surface area contributed by atoms with Crippen LogP contribution in [0.15, 0.2) is 0 Å². The van der Waals surface area contributed by atoms with Crippen LogP contribution in [0.4, 0.5) is 0 Å². The van der Waals surface area contributed by atoms with Crippen molar-refractivity contribution in [1.82, 2.24) is 10.2 Å². The highest BCUT2D eigenvalue weighted by molar-refractivity contribution is 5.75. The van der Waals surface area contributed by atoms with E-state index in [1.807, 2.05) is 6.92 Å². The summed E-state index contributed by atoms with van der Waals surface area (Å²) in [6.45, 7) is 11.0. The molecule has 1 N–H and O–H groups in total. The van der Waals surface area contributed by atoms with E-state index in [1.54, 1.807) is 0 Å². The summed E-state index contributed by atoms with van der Waals surface area (Å²) in [5.74, 6) is 0.815. The number of likely N-dealkylation sites (tertiary alicyclic amines) is 1. The monoisotopic (exact) mass is 284 g/mol. The molecule has 0 spiro atoms. The highest BCUT2D eigenvalue weighted by Gasteiger charge is 2.22. The number of esters is 1. The molecule has 1 aliphatic rings. The number of carbonyl (C=O) groups is 1. The van der Waals surface area contributed by atoms with E-state index in [4.69, 9.17) is 4.74 Å². The first-order chi connectivity index (χ1) is 9.71. The topological polar surface area (TPSA) is 41.6 Å². The molecule has 1 aliphatic heterocycles. The quantitative estimate of drug-likeness (QED) is 0.660. The fourth-order valence-electron chi connectivity index (χ4n) is 2.79. The Morgan fingerprint density at radius 3 is 2.55 bits per heavy atom. The van der Waals surface area contributed by atoms with Crippen molar-refractivity contribution < 1.29 is 9.53 Å². The highest BCUT2D eigenvalue weighted by atomic mass is 16.5. The normalized spacial score (nSPS) is 18.9. The average Bonchev–Trinajstić information content (AvgIpc) is 2.48. The van der Waals surface area contributed by atoms with Gasteiger partial charge in [-0.2, -0.15) is 0 Å². The summed E-state index contributed by atoms with van der Waals surface area (Å²) in [6.07, 6.45) is 5.82. The maximum Gasteiger partial charge on any atom is 0.323 e. The Bertz CT molecular complexity index is 263. The van der Waals surface area contributed by atoms with Gasteiger partial charge >= 0.3 is 5.97 Å². The van der Waals surface area contributed by atoms with Gasteiger partial charge in [0, 0.05) is 6.54 Å². The number of nitrogens with one attached hydrogen (secondary N) is 1. The summed E-state index contributed by atoms with van der Waals surface area (Å²) in [7, 11) is 0. The SMILES string of the molecule is CCCNC(CCN1CCC(CC)CC1)C(=O)OCC. The number of nitrogens with zero attached hydrogens (tertiary/aromatic N) is 1. The molecule has 4 nitrogen and oxygen atoms in total. The zero-order chi connectivity index (χ0) is 14.8. The van der Waals surface area contributed by atoms with Crippen LogP contribution in [0.1, 0.15) is 52.9 Å². The van der Waals surface area contributed by atoms with E-state index in [2.05, 4.69) is 24.1 Å². The van der Waals surface area contributed by atoms with Crippen molar-refractivity contribution in [3.63, 3.8) is 0 Å². The molecule has 0 aromatic carbocycles. The maximum atomic E-state index is 11.9. The van der Waals surface area contributed by atoms with Crippen molar-refractivity contribution in [3.05, 3.63) is 0 Å². The molecule has 118 valence electrons. The Kier molecular flexibility index (Phi) is 8.86. The lowest BCUT2D eigenvalue weighted by Gasteiger charge is -2.32. The van der Waals surface area contributed by atoms with Crippen LogP contribution < -0.4 is 5.32 Å². The third kappa shape index (κ3) is 6.23. The summed E-state index contributed by atoms with van der Waals surface area (Å²) in [5, 5.41) is 3.31. The van der Waals surface area contributed by atoms with Gasteiger partial charge in [0.1, 0.15) is 6.04 Å². The lowest BCUT2D eigenvalue weighted by Crippen LogP contribution is -2.42. The molecule has 20 heavy (non-hydrogen) atoms.